The second-order valence-electron chi connectivity index (χ2n) is 6.08. The molecule has 1 saturated heterocycles. The van der Waals surface area contributed by atoms with Crippen molar-refractivity contribution in [3.8, 4) is 0 Å². The Morgan fingerprint density at radius 3 is 2.29 bits per heavy atom. The molecule has 0 radical (unpaired) electrons. The van der Waals surface area contributed by atoms with Crippen molar-refractivity contribution in [1.29, 1.82) is 0 Å². The van der Waals surface area contributed by atoms with Gasteiger partial charge >= 0.3 is 12.0 Å². The Labute approximate surface area is 127 Å². The number of nitrogens with one attached hydrogen (secondary N) is 2. The van der Waals surface area contributed by atoms with Gasteiger partial charge in [0, 0.05) is 12.6 Å². The number of hydrogen-bond acceptors (Lipinski definition) is 3. The molecule has 0 bridgehead atoms. The van der Waals surface area contributed by atoms with Gasteiger partial charge < -0.3 is 20.6 Å². The molecule has 1 aliphatic rings. The van der Waals surface area contributed by atoms with Gasteiger partial charge in [0.05, 0.1) is 0 Å². The van der Waals surface area contributed by atoms with Gasteiger partial charge in [0.15, 0.2) is 0 Å². The smallest absolute Gasteiger partial charge is 0.326 e. The molecule has 3 N–H and O–H groups in total. The van der Waals surface area contributed by atoms with Gasteiger partial charge in [-0.25, -0.2) is 9.59 Å². The second-order valence-corrected chi connectivity index (χ2v) is 6.08. The molecule has 122 valence electrons. The Hall–Kier alpha value is -1.30. The molecule has 0 aromatic rings. The third kappa shape index (κ3) is 6.33. The average Bonchev–Trinajstić information content (AvgIpc) is 2.44. The van der Waals surface area contributed by atoms with Crippen molar-refractivity contribution >= 4 is 12.0 Å². The van der Waals surface area contributed by atoms with E-state index >= 15 is 0 Å². The van der Waals surface area contributed by atoms with Gasteiger partial charge in [-0.05, 0) is 38.8 Å². The fourth-order valence-electron chi connectivity index (χ4n) is 2.66. The Morgan fingerprint density at radius 1 is 1.14 bits per heavy atom. The van der Waals surface area contributed by atoms with E-state index in [1.54, 1.807) is 0 Å². The van der Waals surface area contributed by atoms with Crippen molar-refractivity contribution in [3.05, 3.63) is 0 Å². The predicted molar refractivity (Wildman–Crippen MR) is 82.3 cm³/mol. The molecule has 1 heterocycles. The van der Waals surface area contributed by atoms with Crippen molar-refractivity contribution < 1.29 is 14.7 Å². The summed E-state index contributed by atoms with van der Waals surface area (Å²) in [5, 5.41) is 14.6. The van der Waals surface area contributed by atoms with E-state index in [-0.39, 0.29) is 12.0 Å². The molecule has 3 atom stereocenters. The van der Waals surface area contributed by atoms with E-state index in [1.165, 1.54) is 19.3 Å². The van der Waals surface area contributed by atoms with Crippen LogP contribution in [-0.2, 0) is 4.79 Å². The minimum absolute atomic E-state index is 0.00878. The van der Waals surface area contributed by atoms with Crippen LogP contribution in [0.2, 0.25) is 0 Å². The fraction of sp³-hybridized carbons (Fsp3) is 0.867. The summed E-state index contributed by atoms with van der Waals surface area (Å²) in [6.07, 6.45) is 4.43. The summed E-state index contributed by atoms with van der Waals surface area (Å²) in [6, 6.07) is -1.22. The SMILES string of the molecule is CC[C@H](C)[C@H](NC(=O)NC(C)CN1CCCCC1)C(=O)O. The quantitative estimate of drug-likeness (QED) is 0.668. The first kappa shape index (κ1) is 17.8. The molecule has 2 amide bonds. The van der Waals surface area contributed by atoms with Crippen LogP contribution in [0.3, 0.4) is 0 Å². The highest BCUT2D eigenvalue weighted by molar-refractivity contribution is 5.82. The number of piperidine rings is 1. The van der Waals surface area contributed by atoms with E-state index in [9.17, 15) is 9.59 Å². The lowest BCUT2D eigenvalue weighted by Crippen LogP contribution is -2.53. The van der Waals surface area contributed by atoms with Gasteiger partial charge in [0.1, 0.15) is 6.04 Å². The second kappa shape index (κ2) is 8.87. The van der Waals surface area contributed by atoms with Crippen molar-refractivity contribution in [3.63, 3.8) is 0 Å². The summed E-state index contributed by atoms with van der Waals surface area (Å²) in [5.41, 5.74) is 0. The number of amides is 2. The minimum Gasteiger partial charge on any atom is -0.480 e. The molecule has 1 fully saturated rings. The predicted octanol–water partition coefficient (Wildman–Crippen LogP) is 1.66. The molecular weight excluding hydrogens is 270 g/mol. The van der Waals surface area contributed by atoms with Crippen LogP contribution in [0.15, 0.2) is 0 Å². The normalized spacial score (nSPS) is 20.3. The molecule has 1 aliphatic heterocycles. The van der Waals surface area contributed by atoms with E-state index < -0.39 is 18.0 Å². The number of carbonyl (C=O) groups is 2. The van der Waals surface area contributed by atoms with Gasteiger partial charge in [0.2, 0.25) is 0 Å². The zero-order chi connectivity index (χ0) is 15.8. The molecule has 0 spiro atoms. The first-order chi connectivity index (χ1) is 9.93. The highest BCUT2D eigenvalue weighted by Gasteiger charge is 2.25. The van der Waals surface area contributed by atoms with E-state index in [0.29, 0.717) is 6.42 Å². The minimum atomic E-state index is -0.983. The summed E-state index contributed by atoms with van der Waals surface area (Å²) < 4.78 is 0. The number of hydrogen-bond donors (Lipinski definition) is 3. The monoisotopic (exact) mass is 299 g/mol. The third-order valence-electron chi connectivity index (χ3n) is 4.12. The van der Waals surface area contributed by atoms with Crippen molar-refractivity contribution in [1.82, 2.24) is 15.5 Å². The van der Waals surface area contributed by atoms with E-state index in [1.807, 2.05) is 20.8 Å². The topological polar surface area (TPSA) is 81.7 Å². The largest absolute Gasteiger partial charge is 0.480 e. The Kier molecular flexibility index (Phi) is 7.50. The Bertz CT molecular complexity index is 343. The number of rotatable bonds is 7. The van der Waals surface area contributed by atoms with E-state index in [4.69, 9.17) is 5.11 Å². The van der Waals surface area contributed by atoms with Gasteiger partial charge in [-0.15, -0.1) is 0 Å². The maximum Gasteiger partial charge on any atom is 0.326 e. The van der Waals surface area contributed by atoms with Crippen LogP contribution in [0.25, 0.3) is 0 Å². The molecule has 0 aromatic carbocycles. The van der Waals surface area contributed by atoms with Crippen LogP contribution >= 0.6 is 0 Å². The summed E-state index contributed by atoms with van der Waals surface area (Å²) >= 11 is 0. The maximum atomic E-state index is 11.9. The van der Waals surface area contributed by atoms with Crippen molar-refractivity contribution in [2.75, 3.05) is 19.6 Å². The van der Waals surface area contributed by atoms with Crippen LogP contribution in [0.4, 0.5) is 4.79 Å². The zero-order valence-corrected chi connectivity index (χ0v) is 13.4. The number of carboxylic acid groups (broad SMARTS) is 1. The first-order valence-corrected chi connectivity index (χ1v) is 7.96. The lowest BCUT2D eigenvalue weighted by Gasteiger charge is -2.29. The third-order valence-corrected chi connectivity index (χ3v) is 4.12. The van der Waals surface area contributed by atoms with Gasteiger partial charge in [-0.3, -0.25) is 0 Å². The summed E-state index contributed by atoms with van der Waals surface area (Å²) in [5.74, 6) is -1.08. The lowest BCUT2D eigenvalue weighted by molar-refractivity contribution is -0.140. The fourth-order valence-corrected chi connectivity index (χ4v) is 2.66. The first-order valence-electron chi connectivity index (χ1n) is 7.96. The molecule has 1 rings (SSSR count). The summed E-state index contributed by atoms with van der Waals surface area (Å²) in [7, 11) is 0. The van der Waals surface area contributed by atoms with Crippen LogP contribution < -0.4 is 10.6 Å². The number of aliphatic carboxylic acids is 1. The Morgan fingerprint density at radius 2 is 1.76 bits per heavy atom. The standard InChI is InChI=1S/C15H29N3O3/c1-4-11(2)13(14(19)20)17-15(21)16-12(3)10-18-8-6-5-7-9-18/h11-13H,4-10H2,1-3H3,(H,19,20)(H2,16,17,21)/t11-,12?,13-/m0/s1. The summed E-state index contributed by atoms with van der Waals surface area (Å²) in [6.45, 7) is 8.67. The van der Waals surface area contributed by atoms with Gasteiger partial charge in [0.25, 0.3) is 0 Å². The lowest BCUT2D eigenvalue weighted by atomic mass is 9.99. The maximum absolute atomic E-state index is 11.9. The van der Waals surface area contributed by atoms with Crippen LogP contribution in [0.1, 0.15) is 46.5 Å². The highest BCUT2D eigenvalue weighted by Crippen LogP contribution is 2.09. The molecule has 1 unspecified atom stereocenters. The van der Waals surface area contributed by atoms with E-state index in [2.05, 4.69) is 15.5 Å². The molecule has 21 heavy (non-hydrogen) atoms. The molecule has 0 saturated carbocycles. The number of carboxylic acids is 1. The van der Waals surface area contributed by atoms with Crippen LogP contribution in [-0.4, -0.2) is 53.7 Å². The van der Waals surface area contributed by atoms with Gasteiger partial charge in [-0.1, -0.05) is 26.7 Å². The number of carbonyl (C=O) groups excluding carboxylic acids is 1. The number of likely N-dealkylation sites (tertiary alicyclic amines) is 1. The summed E-state index contributed by atoms with van der Waals surface area (Å²) in [4.78, 5) is 25.5. The molecule has 6 heteroatoms. The molecule has 0 aromatic heterocycles. The number of nitrogens with zero attached hydrogens (tertiary/aromatic N) is 1. The van der Waals surface area contributed by atoms with Crippen molar-refractivity contribution in [2.45, 2.75) is 58.5 Å². The average molecular weight is 299 g/mol. The molecular formula is C15H29N3O3. The van der Waals surface area contributed by atoms with Crippen LogP contribution in [0.5, 0.6) is 0 Å². The van der Waals surface area contributed by atoms with Gasteiger partial charge in [-0.2, -0.15) is 0 Å². The molecule has 6 nitrogen and oxygen atoms in total. The van der Waals surface area contributed by atoms with Crippen molar-refractivity contribution in [2.24, 2.45) is 5.92 Å². The number of urea groups is 1. The highest BCUT2D eigenvalue weighted by atomic mass is 16.4. The Balaban J connectivity index is 2.38. The van der Waals surface area contributed by atoms with Crippen LogP contribution in [0, 0.1) is 5.92 Å². The zero-order valence-electron chi connectivity index (χ0n) is 13.4. The molecule has 0 aliphatic carbocycles. The van der Waals surface area contributed by atoms with E-state index in [0.717, 1.165) is 19.6 Å².